The average Bonchev–Trinajstić information content (AvgIpc) is 0.857. The van der Waals surface area contributed by atoms with Crippen LogP contribution in [0.1, 0.15) is 0 Å². The summed E-state index contributed by atoms with van der Waals surface area (Å²) in [6, 6.07) is 121. The first-order valence-electron chi connectivity index (χ1n) is 30.8. The van der Waals surface area contributed by atoms with Crippen molar-refractivity contribution in [3.8, 4) is 112 Å². The molecule has 16 aromatic carbocycles. The highest BCUT2D eigenvalue weighted by Gasteiger charge is 2.18. The number of hydrogen-bond acceptors (Lipinski definition) is 3. The van der Waals surface area contributed by atoms with Crippen molar-refractivity contribution in [2.45, 2.75) is 0 Å². The summed E-state index contributed by atoms with van der Waals surface area (Å²) in [4.78, 5) is 15.7. The van der Waals surface area contributed by atoms with E-state index in [1.807, 2.05) is 18.2 Å². The van der Waals surface area contributed by atoms with Gasteiger partial charge in [0, 0.05) is 16.7 Å². The Hall–Kier alpha value is -11.9. The average molecular weight is 1140 g/mol. The second-order valence-electron chi connectivity index (χ2n) is 23.4. The highest BCUT2D eigenvalue weighted by Crippen LogP contribution is 2.42. The number of benzene rings is 16. The van der Waals surface area contributed by atoms with Crippen LogP contribution in [-0.2, 0) is 0 Å². The molecule has 90 heavy (non-hydrogen) atoms. The molecule has 0 N–H and O–H groups in total. The Morgan fingerprint density at radius 1 is 0.111 bits per heavy atom. The van der Waals surface area contributed by atoms with Crippen LogP contribution < -0.4 is 0 Å². The predicted molar refractivity (Wildman–Crippen MR) is 379 cm³/mol. The molecular weight excluding hydrogens is 1090 g/mol. The molecule has 3 nitrogen and oxygen atoms in total. The number of aromatic nitrogens is 3. The maximum atomic E-state index is 5.29. The van der Waals surface area contributed by atoms with Gasteiger partial charge in [0.05, 0.1) is 0 Å². The molecule has 0 unspecified atom stereocenters. The van der Waals surface area contributed by atoms with Crippen molar-refractivity contribution in [2.24, 2.45) is 0 Å². The van der Waals surface area contributed by atoms with Gasteiger partial charge in [0.2, 0.25) is 0 Å². The normalized spacial score (nSPS) is 11.6. The van der Waals surface area contributed by atoms with Crippen molar-refractivity contribution in [2.75, 3.05) is 0 Å². The fraction of sp³-hybridized carbons (Fsp3) is 0. The summed E-state index contributed by atoms with van der Waals surface area (Å²) in [5, 5.41) is 15.3. The topological polar surface area (TPSA) is 38.7 Å². The van der Waals surface area contributed by atoms with Crippen molar-refractivity contribution in [3.05, 3.63) is 334 Å². The molecule has 3 heteroatoms. The summed E-state index contributed by atoms with van der Waals surface area (Å²) in [5.41, 5.74) is 18.7. The number of hydrogen-bond donors (Lipinski definition) is 0. The molecule has 0 amide bonds. The second-order valence-corrected chi connectivity index (χ2v) is 23.4. The number of nitrogens with zero attached hydrogens (tertiary/aromatic N) is 3. The molecule has 0 aliphatic heterocycles. The van der Waals surface area contributed by atoms with Crippen molar-refractivity contribution >= 4 is 64.6 Å². The van der Waals surface area contributed by atoms with Gasteiger partial charge < -0.3 is 0 Å². The molecule has 0 radical (unpaired) electrons. The SMILES string of the molecule is c1ccc(-c2cc(-c3cccc(-c4cccc(-c5nc(-c6ccccc6)nc(-c6cccc(-c7cccc(-c8ccc9c%10ccccc%10c%10ccccc%10c9c8)c7)c6)n5)c4)c3)cc(-c3cccc(-c4ccc5c6ccccc6c6ccccc6c5c4)c3)c2)cc1. The Morgan fingerprint density at radius 2 is 0.311 bits per heavy atom. The summed E-state index contributed by atoms with van der Waals surface area (Å²) in [6.07, 6.45) is 0. The molecule has 1 heterocycles. The van der Waals surface area contributed by atoms with Gasteiger partial charge in [-0.25, -0.2) is 15.0 Å². The Kier molecular flexibility index (Phi) is 12.9. The molecule has 0 bridgehead atoms. The molecule has 0 fully saturated rings. The molecule has 0 aliphatic rings. The molecule has 1 aromatic heterocycles. The first-order valence-corrected chi connectivity index (χ1v) is 30.8. The minimum atomic E-state index is 0.605. The lowest BCUT2D eigenvalue weighted by atomic mass is 9.90. The van der Waals surface area contributed by atoms with Gasteiger partial charge in [-0.3, -0.25) is 0 Å². The molecule has 0 spiro atoms. The van der Waals surface area contributed by atoms with E-state index in [0.29, 0.717) is 17.5 Å². The highest BCUT2D eigenvalue weighted by atomic mass is 15.0. The van der Waals surface area contributed by atoms with Crippen LogP contribution in [0.4, 0.5) is 0 Å². The minimum Gasteiger partial charge on any atom is -0.208 e. The molecule has 0 aliphatic carbocycles. The van der Waals surface area contributed by atoms with Crippen molar-refractivity contribution < 1.29 is 0 Å². The van der Waals surface area contributed by atoms with Gasteiger partial charge >= 0.3 is 0 Å². The number of rotatable bonds is 10. The van der Waals surface area contributed by atoms with Crippen LogP contribution in [0.3, 0.4) is 0 Å². The summed E-state index contributed by atoms with van der Waals surface area (Å²) in [7, 11) is 0. The van der Waals surface area contributed by atoms with Gasteiger partial charge in [-0.2, -0.15) is 0 Å². The van der Waals surface area contributed by atoms with Gasteiger partial charge in [-0.15, -0.1) is 0 Å². The Balaban J connectivity index is 0.711. The molecule has 0 saturated heterocycles. The fourth-order valence-electron chi connectivity index (χ4n) is 13.6. The highest BCUT2D eigenvalue weighted by molar-refractivity contribution is 6.27. The monoisotopic (exact) mass is 1140 g/mol. The van der Waals surface area contributed by atoms with E-state index in [0.717, 1.165) is 72.3 Å². The van der Waals surface area contributed by atoms with Crippen LogP contribution in [0.5, 0.6) is 0 Å². The minimum absolute atomic E-state index is 0.605. The van der Waals surface area contributed by atoms with Gasteiger partial charge in [0.15, 0.2) is 17.5 Å². The van der Waals surface area contributed by atoms with E-state index in [-0.39, 0.29) is 0 Å². The van der Waals surface area contributed by atoms with Gasteiger partial charge in [-0.05, 0) is 203 Å². The second kappa shape index (κ2) is 22.1. The zero-order valence-electron chi connectivity index (χ0n) is 49.1. The third kappa shape index (κ3) is 9.54. The van der Waals surface area contributed by atoms with Crippen LogP contribution in [0.15, 0.2) is 334 Å². The summed E-state index contributed by atoms with van der Waals surface area (Å²) in [5.74, 6) is 1.83. The first kappa shape index (κ1) is 52.4. The summed E-state index contributed by atoms with van der Waals surface area (Å²) in [6.45, 7) is 0. The van der Waals surface area contributed by atoms with E-state index in [9.17, 15) is 0 Å². The largest absolute Gasteiger partial charge is 0.208 e. The third-order valence-electron chi connectivity index (χ3n) is 18.0. The van der Waals surface area contributed by atoms with E-state index in [4.69, 9.17) is 15.0 Å². The molecule has 0 saturated carbocycles. The van der Waals surface area contributed by atoms with Gasteiger partial charge in [0.1, 0.15) is 0 Å². The van der Waals surface area contributed by atoms with Crippen molar-refractivity contribution in [1.29, 1.82) is 0 Å². The number of fused-ring (bicyclic) bond motifs is 12. The first-order chi connectivity index (χ1) is 44.6. The van der Waals surface area contributed by atoms with E-state index in [2.05, 4.69) is 315 Å². The van der Waals surface area contributed by atoms with E-state index < -0.39 is 0 Å². The van der Waals surface area contributed by atoms with Gasteiger partial charge in [-0.1, -0.05) is 273 Å². The third-order valence-corrected chi connectivity index (χ3v) is 18.0. The standard InChI is InChI=1S/C87H55N3/c1-3-20-56(21-4-1)70-51-71(53-72(52-70)65-31-17-27-61(48-65)67-43-45-82-78-39-10-8-35-74(78)76-37-12-14-41-80(76)84(82)55-67)64-30-16-25-59(47-64)63-29-19-33-69(50-63)87-89-85(57-22-5-2-6-23-57)88-86(90-87)68-32-18-28-62(49-68)58-24-15-26-60(46-58)66-42-44-81-77-38-9-7-34-73(77)75-36-11-13-40-79(75)83(81)54-66/h1-55H. The molecule has 0 atom stereocenters. The maximum Gasteiger partial charge on any atom is 0.164 e. The molecule has 17 rings (SSSR count). The summed E-state index contributed by atoms with van der Waals surface area (Å²) < 4.78 is 0. The summed E-state index contributed by atoms with van der Waals surface area (Å²) >= 11 is 0. The smallest absolute Gasteiger partial charge is 0.164 e. The van der Waals surface area contributed by atoms with Crippen LogP contribution in [0, 0.1) is 0 Å². The zero-order valence-corrected chi connectivity index (χ0v) is 49.1. The van der Waals surface area contributed by atoms with E-state index in [1.165, 1.54) is 86.9 Å². The van der Waals surface area contributed by atoms with Crippen molar-refractivity contribution in [3.63, 3.8) is 0 Å². The van der Waals surface area contributed by atoms with Gasteiger partial charge in [0.25, 0.3) is 0 Å². The lowest BCUT2D eigenvalue weighted by Gasteiger charge is -2.14. The quantitative estimate of drug-likeness (QED) is 0.128. The van der Waals surface area contributed by atoms with Crippen LogP contribution in [0.2, 0.25) is 0 Å². The Labute approximate surface area is 522 Å². The lowest BCUT2D eigenvalue weighted by Crippen LogP contribution is -2.00. The van der Waals surface area contributed by atoms with E-state index >= 15 is 0 Å². The van der Waals surface area contributed by atoms with Crippen LogP contribution in [-0.4, -0.2) is 15.0 Å². The fourth-order valence-corrected chi connectivity index (χ4v) is 13.6. The van der Waals surface area contributed by atoms with Crippen LogP contribution >= 0.6 is 0 Å². The predicted octanol–water partition coefficient (Wildman–Crippen LogP) is 23.5. The Bertz CT molecular complexity index is 5600. The molecule has 418 valence electrons. The zero-order chi connectivity index (χ0) is 59.5. The van der Waals surface area contributed by atoms with E-state index in [1.54, 1.807) is 0 Å². The van der Waals surface area contributed by atoms with Crippen LogP contribution in [0.25, 0.3) is 177 Å². The van der Waals surface area contributed by atoms with Crippen molar-refractivity contribution in [1.82, 2.24) is 15.0 Å². The lowest BCUT2D eigenvalue weighted by molar-refractivity contribution is 1.07. The maximum absolute atomic E-state index is 5.29. The molecular formula is C87H55N3. The Morgan fingerprint density at radius 3 is 0.644 bits per heavy atom. The molecule has 17 aromatic rings.